The second-order valence-electron chi connectivity index (χ2n) is 4.69. The molecule has 0 amide bonds. The molecule has 0 saturated heterocycles. The van der Waals surface area contributed by atoms with Crippen molar-refractivity contribution in [1.29, 1.82) is 0 Å². The molecule has 0 radical (unpaired) electrons. The second kappa shape index (κ2) is 7.02. The van der Waals surface area contributed by atoms with Gasteiger partial charge >= 0.3 is 0 Å². The molecule has 6 heteroatoms. The Morgan fingerprint density at radius 1 is 1.40 bits per heavy atom. The predicted octanol–water partition coefficient (Wildman–Crippen LogP) is 3.82. The third-order valence-corrected chi connectivity index (χ3v) is 4.38. The average molecular weight is 311 g/mol. The van der Waals surface area contributed by atoms with Gasteiger partial charge in [0.25, 0.3) is 0 Å². The number of rotatable bonds is 6. The van der Waals surface area contributed by atoms with Crippen LogP contribution in [0.3, 0.4) is 0 Å². The molecule has 2 rings (SSSR count). The number of benzene rings is 1. The molecule has 2 aromatic rings. The van der Waals surface area contributed by atoms with Crippen LogP contribution in [0.5, 0.6) is 0 Å². The zero-order valence-electron chi connectivity index (χ0n) is 11.9. The zero-order valence-corrected chi connectivity index (χ0v) is 13.5. The highest BCUT2D eigenvalue weighted by Crippen LogP contribution is 2.28. The van der Waals surface area contributed by atoms with Crippen molar-refractivity contribution in [3.63, 3.8) is 0 Å². The second-order valence-corrected chi connectivity index (χ2v) is 5.85. The van der Waals surface area contributed by atoms with Crippen molar-refractivity contribution in [1.82, 2.24) is 14.5 Å². The Balaban J connectivity index is 2.09. The molecule has 0 aliphatic carbocycles. The Kier molecular flexibility index (Phi) is 5.34. The first-order chi connectivity index (χ1) is 9.63. The van der Waals surface area contributed by atoms with E-state index in [1.807, 2.05) is 18.2 Å². The van der Waals surface area contributed by atoms with E-state index < -0.39 is 0 Å². The Bertz CT molecular complexity index is 558. The van der Waals surface area contributed by atoms with E-state index in [1.165, 1.54) is 11.5 Å². The van der Waals surface area contributed by atoms with E-state index in [4.69, 9.17) is 11.6 Å². The van der Waals surface area contributed by atoms with E-state index in [0.29, 0.717) is 0 Å². The predicted molar refractivity (Wildman–Crippen MR) is 85.4 cm³/mol. The summed E-state index contributed by atoms with van der Waals surface area (Å²) < 4.78 is 4.02. The Morgan fingerprint density at radius 3 is 2.85 bits per heavy atom. The van der Waals surface area contributed by atoms with Gasteiger partial charge in [0.05, 0.1) is 0 Å². The lowest BCUT2D eigenvalue weighted by atomic mass is 10.1. The van der Waals surface area contributed by atoms with E-state index in [0.717, 1.165) is 34.4 Å². The average Bonchev–Trinajstić information content (AvgIpc) is 2.86. The van der Waals surface area contributed by atoms with Gasteiger partial charge in [-0.05, 0) is 32.5 Å². The normalized spacial score (nSPS) is 12.7. The molecule has 1 atom stereocenters. The minimum atomic E-state index is 0.222. The fourth-order valence-corrected chi connectivity index (χ4v) is 2.97. The number of aromatic nitrogens is 2. The van der Waals surface area contributed by atoms with Crippen LogP contribution >= 0.6 is 23.1 Å². The molecule has 1 heterocycles. The molecule has 1 aromatic carbocycles. The van der Waals surface area contributed by atoms with Gasteiger partial charge in [-0.25, -0.2) is 0 Å². The number of nitrogens with zero attached hydrogens (tertiary/aromatic N) is 3. The van der Waals surface area contributed by atoms with Gasteiger partial charge in [-0.3, -0.25) is 4.90 Å². The van der Waals surface area contributed by atoms with Gasteiger partial charge in [-0.1, -0.05) is 34.3 Å². The lowest BCUT2D eigenvalue weighted by molar-refractivity contribution is 0.250. The van der Waals surface area contributed by atoms with Crippen LogP contribution in [0.2, 0.25) is 5.02 Å². The molecule has 1 N–H and O–H groups in total. The Labute approximate surface area is 128 Å². The number of hydrogen-bond donors (Lipinski definition) is 1. The summed E-state index contributed by atoms with van der Waals surface area (Å²) in [6.45, 7) is 5.83. The summed E-state index contributed by atoms with van der Waals surface area (Å²) in [4.78, 5) is 2.22. The maximum Gasteiger partial charge on any atom is 0.134 e. The maximum atomic E-state index is 6.26. The van der Waals surface area contributed by atoms with Crippen molar-refractivity contribution >= 4 is 28.1 Å². The number of nitrogens with one attached hydrogen (secondary N) is 1. The highest BCUT2D eigenvalue weighted by atomic mass is 35.5. The highest BCUT2D eigenvalue weighted by molar-refractivity contribution is 7.10. The van der Waals surface area contributed by atoms with E-state index in [-0.39, 0.29) is 6.04 Å². The number of halogens is 1. The van der Waals surface area contributed by atoms with Crippen molar-refractivity contribution < 1.29 is 0 Å². The van der Waals surface area contributed by atoms with E-state index in [1.54, 1.807) is 0 Å². The van der Waals surface area contributed by atoms with Crippen LogP contribution in [-0.4, -0.2) is 28.1 Å². The first kappa shape index (κ1) is 15.2. The molecule has 0 aliphatic rings. The monoisotopic (exact) mass is 310 g/mol. The SMILES string of the molecule is CCNc1snnc1CN(C)C(C)c1ccccc1Cl. The first-order valence-electron chi connectivity index (χ1n) is 6.63. The summed E-state index contributed by atoms with van der Waals surface area (Å²) in [5, 5.41) is 9.35. The van der Waals surface area contributed by atoms with Crippen LogP contribution in [0.4, 0.5) is 5.00 Å². The summed E-state index contributed by atoms with van der Waals surface area (Å²) in [6.07, 6.45) is 0. The van der Waals surface area contributed by atoms with Gasteiger partial charge < -0.3 is 5.32 Å². The third-order valence-electron chi connectivity index (χ3n) is 3.31. The Morgan fingerprint density at radius 2 is 2.15 bits per heavy atom. The van der Waals surface area contributed by atoms with Crippen LogP contribution in [0.1, 0.15) is 31.1 Å². The Hall–Kier alpha value is -1.17. The summed E-state index contributed by atoms with van der Waals surface area (Å²) in [5.74, 6) is 0. The van der Waals surface area contributed by atoms with Crippen molar-refractivity contribution in [3.8, 4) is 0 Å². The van der Waals surface area contributed by atoms with Crippen LogP contribution in [-0.2, 0) is 6.54 Å². The number of anilines is 1. The lowest BCUT2D eigenvalue weighted by Gasteiger charge is -2.25. The highest BCUT2D eigenvalue weighted by Gasteiger charge is 2.17. The number of hydrogen-bond acceptors (Lipinski definition) is 5. The minimum absolute atomic E-state index is 0.222. The molecule has 0 spiro atoms. The van der Waals surface area contributed by atoms with Crippen molar-refractivity contribution in [2.45, 2.75) is 26.4 Å². The van der Waals surface area contributed by atoms with Crippen molar-refractivity contribution in [3.05, 3.63) is 40.5 Å². The maximum absolute atomic E-state index is 6.26. The molecule has 108 valence electrons. The van der Waals surface area contributed by atoms with Gasteiger partial charge in [0.1, 0.15) is 10.7 Å². The molecule has 0 fully saturated rings. The molecule has 0 aliphatic heterocycles. The molecular weight excluding hydrogens is 292 g/mol. The molecular formula is C14H19ClN4S. The molecule has 0 saturated carbocycles. The topological polar surface area (TPSA) is 41.1 Å². The summed E-state index contributed by atoms with van der Waals surface area (Å²) in [5.41, 5.74) is 2.11. The van der Waals surface area contributed by atoms with Crippen molar-refractivity contribution in [2.24, 2.45) is 0 Å². The van der Waals surface area contributed by atoms with Gasteiger partial charge in [-0.2, -0.15) is 0 Å². The standard InChI is InChI=1S/C14H19ClN4S/c1-4-16-14-13(17-18-20-14)9-19(3)10(2)11-7-5-6-8-12(11)15/h5-8,10,16H,4,9H2,1-3H3. The molecule has 1 aromatic heterocycles. The fourth-order valence-electron chi connectivity index (χ4n) is 2.03. The first-order valence-corrected chi connectivity index (χ1v) is 7.78. The van der Waals surface area contributed by atoms with Gasteiger partial charge in [0, 0.05) is 35.7 Å². The van der Waals surface area contributed by atoms with Gasteiger partial charge in [0.15, 0.2) is 0 Å². The summed E-state index contributed by atoms with van der Waals surface area (Å²) >= 11 is 7.66. The van der Waals surface area contributed by atoms with Crippen LogP contribution in [0, 0.1) is 0 Å². The van der Waals surface area contributed by atoms with Gasteiger partial charge in [-0.15, -0.1) is 5.10 Å². The molecule has 20 heavy (non-hydrogen) atoms. The summed E-state index contributed by atoms with van der Waals surface area (Å²) in [7, 11) is 2.07. The molecule has 1 unspecified atom stereocenters. The third kappa shape index (κ3) is 3.48. The lowest BCUT2D eigenvalue weighted by Crippen LogP contribution is -2.23. The largest absolute Gasteiger partial charge is 0.374 e. The van der Waals surface area contributed by atoms with Crippen molar-refractivity contribution in [2.75, 3.05) is 18.9 Å². The molecule has 0 bridgehead atoms. The van der Waals surface area contributed by atoms with Gasteiger partial charge in [0.2, 0.25) is 0 Å². The summed E-state index contributed by atoms with van der Waals surface area (Å²) in [6, 6.07) is 8.18. The van der Waals surface area contributed by atoms with Crippen LogP contribution in [0.15, 0.2) is 24.3 Å². The molecule has 4 nitrogen and oxygen atoms in total. The van der Waals surface area contributed by atoms with E-state index in [9.17, 15) is 0 Å². The zero-order chi connectivity index (χ0) is 14.5. The smallest absolute Gasteiger partial charge is 0.134 e. The quantitative estimate of drug-likeness (QED) is 0.880. The van der Waals surface area contributed by atoms with E-state index >= 15 is 0 Å². The minimum Gasteiger partial charge on any atom is -0.374 e. The van der Waals surface area contributed by atoms with Crippen LogP contribution in [0.25, 0.3) is 0 Å². The van der Waals surface area contributed by atoms with E-state index in [2.05, 4.69) is 46.8 Å². The van der Waals surface area contributed by atoms with Crippen LogP contribution < -0.4 is 5.32 Å². The fraction of sp³-hybridized carbons (Fsp3) is 0.429.